The van der Waals surface area contributed by atoms with E-state index in [4.69, 9.17) is 18.6 Å². The van der Waals surface area contributed by atoms with Gasteiger partial charge in [0.05, 0.1) is 20.8 Å². The van der Waals surface area contributed by atoms with Gasteiger partial charge in [-0.05, 0) is 31.0 Å². The van der Waals surface area contributed by atoms with Gasteiger partial charge in [0, 0.05) is 6.42 Å². The Labute approximate surface area is 145 Å². The largest absolute Gasteiger partial charge is 0.493 e. The number of nitrogens with one attached hydrogen (secondary N) is 1. The third-order valence-corrected chi connectivity index (χ3v) is 3.32. The molecular formula is C17H20N2O6. The maximum atomic E-state index is 12.0. The van der Waals surface area contributed by atoms with Crippen LogP contribution < -0.4 is 14.8 Å². The number of hydrogen-bond acceptors (Lipinski definition) is 7. The molecule has 0 fully saturated rings. The third kappa shape index (κ3) is 4.97. The van der Waals surface area contributed by atoms with Crippen molar-refractivity contribution < 1.29 is 28.2 Å². The van der Waals surface area contributed by atoms with E-state index in [0.29, 0.717) is 17.9 Å². The van der Waals surface area contributed by atoms with Gasteiger partial charge >= 0.3 is 12.0 Å². The Balaban J connectivity index is 1.89. The van der Waals surface area contributed by atoms with Crippen molar-refractivity contribution in [3.05, 3.63) is 35.7 Å². The third-order valence-electron chi connectivity index (χ3n) is 3.32. The van der Waals surface area contributed by atoms with Crippen LogP contribution in [0.15, 0.2) is 28.9 Å². The molecule has 1 aromatic heterocycles. The fourth-order valence-corrected chi connectivity index (χ4v) is 2.11. The number of esters is 1. The van der Waals surface area contributed by atoms with Crippen LogP contribution in [-0.4, -0.2) is 37.7 Å². The van der Waals surface area contributed by atoms with E-state index in [1.54, 1.807) is 27.2 Å². The first-order chi connectivity index (χ1) is 12.1. The molecule has 1 heterocycles. The van der Waals surface area contributed by atoms with Crippen molar-refractivity contribution in [1.29, 1.82) is 0 Å². The molecule has 0 radical (unpaired) electrons. The minimum atomic E-state index is -0.600. The highest BCUT2D eigenvalue weighted by Gasteiger charge is 2.15. The SMILES string of the molecule is CCOC(=O)c1coc(NC(=O)CCc2ccc(OC)c(OC)c2)n1. The minimum Gasteiger partial charge on any atom is -0.493 e. The van der Waals surface area contributed by atoms with Gasteiger partial charge in [0.25, 0.3) is 0 Å². The number of anilines is 1. The average molecular weight is 348 g/mol. The van der Waals surface area contributed by atoms with Crippen molar-refractivity contribution in [2.24, 2.45) is 0 Å². The van der Waals surface area contributed by atoms with Gasteiger partial charge in [-0.2, -0.15) is 4.98 Å². The van der Waals surface area contributed by atoms with Crippen LogP contribution in [-0.2, 0) is 16.0 Å². The number of hydrogen-bond donors (Lipinski definition) is 1. The number of aryl methyl sites for hydroxylation is 1. The van der Waals surface area contributed by atoms with Crippen molar-refractivity contribution in [3.63, 3.8) is 0 Å². The Hall–Kier alpha value is -3.03. The van der Waals surface area contributed by atoms with E-state index in [1.807, 2.05) is 12.1 Å². The number of carbonyl (C=O) groups excluding carboxylic acids is 2. The zero-order chi connectivity index (χ0) is 18.2. The molecule has 2 aromatic rings. The molecule has 8 nitrogen and oxygen atoms in total. The topological polar surface area (TPSA) is 99.9 Å². The first kappa shape index (κ1) is 18.3. The van der Waals surface area contributed by atoms with Crippen LogP contribution in [0.1, 0.15) is 29.4 Å². The average Bonchev–Trinajstić information content (AvgIpc) is 3.08. The van der Waals surface area contributed by atoms with Crippen molar-refractivity contribution in [1.82, 2.24) is 4.98 Å². The molecule has 0 unspecified atom stereocenters. The van der Waals surface area contributed by atoms with Crippen molar-refractivity contribution in [2.75, 3.05) is 26.1 Å². The number of amides is 1. The summed E-state index contributed by atoms with van der Waals surface area (Å²) < 4.78 is 20.2. The predicted octanol–water partition coefficient (Wildman–Crippen LogP) is 2.44. The molecular weight excluding hydrogens is 328 g/mol. The highest BCUT2D eigenvalue weighted by molar-refractivity contribution is 5.90. The zero-order valence-corrected chi connectivity index (χ0v) is 14.3. The Morgan fingerprint density at radius 2 is 1.96 bits per heavy atom. The van der Waals surface area contributed by atoms with Crippen LogP contribution >= 0.6 is 0 Å². The lowest BCUT2D eigenvalue weighted by Crippen LogP contribution is -2.13. The zero-order valence-electron chi connectivity index (χ0n) is 14.3. The molecule has 8 heteroatoms. The number of ether oxygens (including phenoxy) is 3. The molecule has 0 spiro atoms. The second kappa shape index (κ2) is 8.72. The summed E-state index contributed by atoms with van der Waals surface area (Å²) in [6.45, 7) is 1.92. The van der Waals surface area contributed by atoms with E-state index in [0.717, 1.165) is 11.8 Å². The van der Waals surface area contributed by atoms with Gasteiger partial charge in [-0.1, -0.05) is 6.07 Å². The second-order valence-electron chi connectivity index (χ2n) is 5.00. The fraction of sp³-hybridized carbons (Fsp3) is 0.353. The number of rotatable bonds is 8. The fourth-order valence-electron chi connectivity index (χ4n) is 2.11. The summed E-state index contributed by atoms with van der Waals surface area (Å²) >= 11 is 0. The lowest BCUT2D eigenvalue weighted by molar-refractivity contribution is -0.116. The van der Waals surface area contributed by atoms with Gasteiger partial charge in [0.15, 0.2) is 17.2 Å². The summed E-state index contributed by atoms with van der Waals surface area (Å²) in [6.07, 6.45) is 1.85. The van der Waals surface area contributed by atoms with Crippen LogP contribution in [0.25, 0.3) is 0 Å². The summed E-state index contributed by atoms with van der Waals surface area (Å²) in [5.41, 5.74) is 0.935. The molecule has 0 bridgehead atoms. The molecule has 0 aliphatic heterocycles. The number of benzene rings is 1. The molecule has 0 aliphatic carbocycles. The van der Waals surface area contributed by atoms with E-state index in [-0.39, 0.29) is 30.6 Å². The summed E-state index contributed by atoms with van der Waals surface area (Å²) in [5.74, 6) is 0.346. The Kier molecular flexibility index (Phi) is 6.39. The number of carbonyl (C=O) groups is 2. The molecule has 0 saturated carbocycles. The molecule has 1 N–H and O–H groups in total. The van der Waals surface area contributed by atoms with E-state index in [9.17, 15) is 9.59 Å². The highest BCUT2D eigenvalue weighted by atomic mass is 16.5. The monoisotopic (exact) mass is 348 g/mol. The summed E-state index contributed by atoms with van der Waals surface area (Å²) in [7, 11) is 3.12. The summed E-state index contributed by atoms with van der Waals surface area (Å²) in [5, 5.41) is 2.50. The van der Waals surface area contributed by atoms with Gasteiger partial charge in [0.1, 0.15) is 6.26 Å². The Morgan fingerprint density at radius 1 is 1.20 bits per heavy atom. The number of aromatic nitrogens is 1. The lowest BCUT2D eigenvalue weighted by Gasteiger charge is -2.09. The second-order valence-corrected chi connectivity index (χ2v) is 5.00. The lowest BCUT2D eigenvalue weighted by atomic mass is 10.1. The normalized spacial score (nSPS) is 10.2. The smallest absolute Gasteiger partial charge is 0.360 e. The molecule has 134 valence electrons. The van der Waals surface area contributed by atoms with E-state index in [1.165, 1.54) is 0 Å². The Morgan fingerprint density at radius 3 is 2.64 bits per heavy atom. The molecule has 1 aromatic carbocycles. The van der Waals surface area contributed by atoms with Gasteiger partial charge in [-0.25, -0.2) is 4.79 Å². The maximum Gasteiger partial charge on any atom is 0.360 e. The van der Waals surface area contributed by atoms with Crippen LogP contribution in [0.4, 0.5) is 6.01 Å². The van der Waals surface area contributed by atoms with Crippen molar-refractivity contribution in [2.45, 2.75) is 19.8 Å². The van der Waals surface area contributed by atoms with E-state index in [2.05, 4.69) is 10.3 Å². The quantitative estimate of drug-likeness (QED) is 0.731. The minimum absolute atomic E-state index is 0.0111. The van der Waals surface area contributed by atoms with Crippen molar-refractivity contribution >= 4 is 17.9 Å². The molecule has 1 amide bonds. The predicted molar refractivity (Wildman–Crippen MR) is 89.0 cm³/mol. The molecule has 25 heavy (non-hydrogen) atoms. The summed E-state index contributed by atoms with van der Waals surface area (Å²) in [6, 6.07) is 5.42. The molecule has 0 aliphatic rings. The van der Waals surface area contributed by atoms with Gasteiger partial charge < -0.3 is 18.6 Å². The van der Waals surface area contributed by atoms with Crippen LogP contribution in [0.5, 0.6) is 11.5 Å². The first-order valence-electron chi connectivity index (χ1n) is 7.70. The standard InChI is InChI=1S/C17H20N2O6/c1-4-24-16(21)12-10-25-17(18-12)19-15(20)8-6-11-5-7-13(22-2)14(9-11)23-3/h5,7,9-10H,4,6,8H2,1-3H3,(H,18,19,20). The number of methoxy groups -OCH3 is 2. The molecule has 2 rings (SSSR count). The number of nitrogens with zero attached hydrogens (tertiary/aromatic N) is 1. The molecule has 0 atom stereocenters. The van der Waals surface area contributed by atoms with Gasteiger partial charge in [-0.3, -0.25) is 10.1 Å². The van der Waals surface area contributed by atoms with Crippen LogP contribution in [0, 0.1) is 0 Å². The highest BCUT2D eigenvalue weighted by Crippen LogP contribution is 2.28. The van der Waals surface area contributed by atoms with E-state index < -0.39 is 5.97 Å². The van der Waals surface area contributed by atoms with Gasteiger partial charge in [-0.15, -0.1) is 0 Å². The van der Waals surface area contributed by atoms with Crippen LogP contribution in [0.2, 0.25) is 0 Å². The first-order valence-corrected chi connectivity index (χ1v) is 7.70. The van der Waals surface area contributed by atoms with Crippen LogP contribution in [0.3, 0.4) is 0 Å². The number of oxazole rings is 1. The Bertz CT molecular complexity index is 740. The van der Waals surface area contributed by atoms with Crippen molar-refractivity contribution in [3.8, 4) is 11.5 Å². The summed E-state index contributed by atoms with van der Waals surface area (Å²) in [4.78, 5) is 27.3. The van der Waals surface area contributed by atoms with Gasteiger partial charge in [0.2, 0.25) is 5.91 Å². The molecule has 0 saturated heterocycles. The maximum absolute atomic E-state index is 12.0. The van der Waals surface area contributed by atoms with E-state index >= 15 is 0 Å².